The van der Waals surface area contributed by atoms with Gasteiger partial charge in [0.15, 0.2) is 5.82 Å². The van der Waals surface area contributed by atoms with Gasteiger partial charge in [-0.05, 0) is 23.6 Å². The molecule has 4 aromatic rings. The molecule has 4 rings (SSSR count). The molecule has 144 valence electrons. The largest absolute Gasteiger partial charge is 0.442 e. The fourth-order valence-corrected chi connectivity index (χ4v) is 3.15. The van der Waals surface area contributed by atoms with Crippen LogP contribution in [-0.2, 0) is 17.8 Å². The minimum absolute atomic E-state index is 0.188. The molecule has 1 aromatic heterocycles. The number of rotatable bonds is 6. The molecule has 0 saturated heterocycles. The van der Waals surface area contributed by atoms with Crippen LogP contribution in [0.15, 0.2) is 94.2 Å². The van der Waals surface area contributed by atoms with Crippen LogP contribution in [0.5, 0.6) is 0 Å². The van der Waals surface area contributed by atoms with E-state index in [9.17, 15) is 9.59 Å². The third-order valence-electron chi connectivity index (χ3n) is 4.55. The normalized spacial score (nSPS) is 10.6. The average molecular weight is 385 g/mol. The van der Waals surface area contributed by atoms with Crippen LogP contribution in [0.2, 0.25) is 0 Å². The van der Waals surface area contributed by atoms with Gasteiger partial charge in [0.05, 0.1) is 0 Å². The summed E-state index contributed by atoms with van der Waals surface area (Å²) in [6, 6.07) is 26.8. The number of nitrogens with one attached hydrogen (secondary N) is 1. The van der Waals surface area contributed by atoms with Crippen molar-refractivity contribution < 1.29 is 9.32 Å². The van der Waals surface area contributed by atoms with Crippen LogP contribution in [0.25, 0.3) is 11.4 Å². The van der Waals surface area contributed by atoms with Gasteiger partial charge in [-0.25, -0.2) is 9.36 Å². The van der Waals surface area contributed by atoms with Crippen molar-refractivity contribution in [2.24, 2.45) is 0 Å². The summed E-state index contributed by atoms with van der Waals surface area (Å²) in [5.74, 6) is -0.673. The number of hydrogen-bond acceptors (Lipinski definition) is 4. The number of para-hydroxylation sites is 1. The van der Waals surface area contributed by atoms with E-state index in [-0.39, 0.29) is 12.5 Å². The van der Waals surface area contributed by atoms with Crippen LogP contribution >= 0.6 is 0 Å². The van der Waals surface area contributed by atoms with Crippen molar-refractivity contribution in [2.75, 3.05) is 5.32 Å². The lowest BCUT2D eigenvalue weighted by atomic mass is 10.0. The zero-order chi connectivity index (χ0) is 20.1. The minimum Gasteiger partial charge on any atom is -0.324 e. The molecule has 0 aliphatic rings. The number of hydrogen-bond donors (Lipinski definition) is 1. The molecule has 3 aromatic carbocycles. The van der Waals surface area contributed by atoms with Crippen molar-refractivity contribution in [1.82, 2.24) is 9.72 Å². The van der Waals surface area contributed by atoms with Crippen LogP contribution < -0.4 is 11.1 Å². The highest BCUT2D eigenvalue weighted by Crippen LogP contribution is 2.20. The van der Waals surface area contributed by atoms with E-state index in [4.69, 9.17) is 4.52 Å². The SMILES string of the molecule is O=C(Cn1c(-c2ccccc2)noc1=O)Nc1ccccc1Cc1ccccc1. The molecule has 1 N–H and O–H groups in total. The Morgan fingerprint density at radius 3 is 2.31 bits per heavy atom. The van der Waals surface area contributed by atoms with Crippen LogP contribution in [0, 0.1) is 0 Å². The highest BCUT2D eigenvalue weighted by atomic mass is 16.5. The lowest BCUT2D eigenvalue weighted by Crippen LogP contribution is -2.26. The first-order chi connectivity index (χ1) is 14.2. The molecule has 1 amide bonds. The molecule has 0 saturated carbocycles. The van der Waals surface area contributed by atoms with Gasteiger partial charge >= 0.3 is 5.76 Å². The van der Waals surface area contributed by atoms with Gasteiger partial charge in [0.2, 0.25) is 5.91 Å². The van der Waals surface area contributed by atoms with E-state index < -0.39 is 5.76 Å². The fourth-order valence-electron chi connectivity index (χ4n) is 3.15. The summed E-state index contributed by atoms with van der Waals surface area (Å²) in [7, 11) is 0. The average Bonchev–Trinajstić information content (AvgIpc) is 3.11. The maximum absolute atomic E-state index is 12.7. The molecule has 0 unspecified atom stereocenters. The van der Waals surface area contributed by atoms with Gasteiger partial charge in [0, 0.05) is 11.3 Å². The molecule has 6 nitrogen and oxygen atoms in total. The van der Waals surface area contributed by atoms with E-state index in [0.717, 1.165) is 11.1 Å². The Balaban J connectivity index is 1.53. The molecular weight excluding hydrogens is 366 g/mol. The van der Waals surface area contributed by atoms with Crippen molar-refractivity contribution in [3.8, 4) is 11.4 Å². The monoisotopic (exact) mass is 385 g/mol. The summed E-state index contributed by atoms with van der Waals surface area (Å²) in [5, 5.41) is 6.72. The Bertz CT molecular complexity index is 1160. The summed E-state index contributed by atoms with van der Waals surface area (Å²) in [4.78, 5) is 24.7. The number of anilines is 1. The van der Waals surface area contributed by atoms with Crippen molar-refractivity contribution in [1.29, 1.82) is 0 Å². The molecule has 1 heterocycles. The predicted octanol–water partition coefficient (Wildman–Crippen LogP) is 3.73. The van der Waals surface area contributed by atoms with Gasteiger partial charge in [0.25, 0.3) is 0 Å². The van der Waals surface area contributed by atoms with Crippen LogP contribution in [0.3, 0.4) is 0 Å². The highest BCUT2D eigenvalue weighted by molar-refractivity contribution is 5.91. The predicted molar refractivity (Wildman–Crippen MR) is 111 cm³/mol. The van der Waals surface area contributed by atoms with Crippen LogP contribution in [0.4, 0.5) is 5.69 Å². The van der Waals surface area contributed by atoms with Gasteiger partial charge < -0.3 is 5.32 Å². The lowest BCUT2D eigenvalue weighted by molar-refractivity contribution is -0.116. The number of nitrogens with zero attached hydrogens (tertiary/aromatic N) is 2. The lowest BCUT2D eigenvalue weighted by Gasteiger charge is -2.12. The Hall–Kier alpha value is -3.93. The Labute approximate surface area is 167 Å². The summed E-state index contributed by atoms with van der Waals surface area (Å²) in [6.07, 6.45) is 0.694. The van der Waals surface area contributed by atoms with E-state index in [0.29, 0.717) is 23.5 Å². The summed E-state index contributed by atoms with van der Waals surface area (Å²) < 4.78 is 6.01. The number of carbonyl (C=O) groups excluding carboxylic acids is 1. The van der Waals surface area contributed by atoms with Gasteiger partial charge in [-0.15, -0.1) is 0 Å². The van der Waals surface area contributed by atoms with Crippen LogP contribution in [-0.4, -0.2) is 15.6 Å². The van der Waals surface area contributed by atoms with E-state index >= 15 is 0 Å². The summed E-state index contributed by atoms with van der Waals surface area (Å²) >= 11 is 0. The van der Waals surface area contributed by atoms with Gasteiger partial charge in [-0.1, -0.05) is 84.0 Å². The molecule has 6 heteroatoms. The van der Waals surface area contributed by atoms with Crippen LogP contribution in [0.1, 0.15) is 11.1 Å². The molecule has 0 spiro atoms. The van der Waals surface area contributed by atoms with E-state index in [2.05, 4.69) is 10.5 Å². The van der Waals surface area contributed by atoms with E-state index in [1.54, 1.807) is 12.1 Å². The number of amides is 1. The molecule has 29 heavy (non-hydrogen) atoms. The quantitative estimate of drug-likeness (QED) is 0.549. The number of carbonyl (C=O) groups is 1. The second-order valence-electron chi connectivity index (χ2n) is 6.59. The highest BCUT2D eigenvalue weighted by Gasteiger charge is 2.16. The molecule has 0 aliphatic heterocycles. The first-order valence-electron chi connectivity index (χ1n) is 9.24. The maximum atomic E-state index is 12.7. The molecular formula is C23H19N3O3. The molecule has 0 atom stereocenters. The molecule has 0 fully saturated rings. The van der Waals surface area contributed by atoms with E-state index in [1.807, 2.05) is 72.8 Å². The van der Waals surface area contributed by atoms with Crippen molar-refractivity contribution in [3.05, 3.63) is 107 Å². The van der Waals surface area contributed by atoms with E-state index in [1.165, 1.54) is 4.57 Å². The zero-order valence-corrected chi connectivity index (χ0v) is 15.6. The third kappa shape index (κ3) is 4.32. The van der Waals surface area contributed by atoms with Crippen molar-refractivity contribution in [3.63, 3.8) is 0 Å². The van der Waals surface area contributed by atoms with Crippen molar-refractivity contribution >= 4 is 11.6 Å². The number of aromatic nitrogens is 2. The standard InChI is InChI=1S/C23H19N3O3/c27-21(16-26-22(25-29-23(26)28)18-11-5-2-6-12-18)24-20-14-8-7-13-19(20)15-17-9-3-1-4-10-17/h1-14H,15-16H2,(H,24,27). The third-order valence-corrected chi connectivity index (χ3v) is 4.55. The van der Waals surface area contributed by atoms with Crippen molar-refractivity contribution in [2.45, 2.75) is 13.0 Å². The first kappa shape index (κ1) is 18.4. The van der Waals surface area contributed by atoms with Gasteiger partial charge in [-0.3, -0.25) is 9.32 Å². The smallest absolute Gasteiger partial charge is 0.324 e. The minimum atomic E-state index is -0.670. The molecule has 0 radical (unpaired) electrons. The van der Waals surface area contributed by atoms with Gasteiger partial charge in [0.1, 0.15) is 6.54 Å². The zero-order valence-electron chi connectivity index (χ0n) is 15.6. The first-order valence-corrected chi connectivity index (χ1v) is 9.24. The second kappa shape index (κ2) is 8.39. The summed E-state index contributed by atoms with van der Waals surface area (Å²) in [5.41, 5.74) is 3.56. The molecule has 0 aliphatic carbocycles. The Morgan fingerprint density at radius 1 is 0.897 bits per heavy atom. The Morgan fingerprint density at radius 2 is 1.55 bits per heavy atom. The number of benzene rings is 3. The fraction of sp³-hybridized carbons (Fsp3) is 0.0870. The summed E-state index contributed by atoms with van der Waals surface area (Å²) in [6.45, 7) is -0.188. The maximum Gasteiger partial charge on any atom is 0.442 e. The topological polar surface area (TPSA) is 77.1 Å². The second-order valence-corrected chi connectivity index (χ2v) is 6.59. The Kier molecular flexibility index (Phi) is 5.33. The molecule has 0 bridgehead atoms. The van der Waals surface area contributed by atoms with Gasteiger partial charge in [-0.2, -0.15) is 0 Å².